The fraction of sp³-hybridized carbons (Fsp3) is 0.222. The van der Waals surface area contributed by atoms with Crippen LogP contribution in [0, 0.1) is 11.3 Å². The second-order valence-corrected chi connectivity index (χ2v) is 5.17. The van der Waals surface area contributed by atoms with E-state index in [1.165, 1.54) is 0 Å². The van der Waals surface area contributed by atoms with Gasteiger partial charge in [-0.2, -0.15) is 5.26 Å². The van der Waals surface area contributed by atoms with Crippen LogP contribution in [-0.4, -0.2) is 16.2 Å². The molecule has 23 heavy (non-hydrogen) atoms. The monoisotopic (exact) mass is 306 g/mol. The predicted octanol–water partition coefficient (Wildman–Crippen LogP) is 3.60. The minimum Gasteiger partial charge on any atom is -0.492 e. The zero-order chi connectivity index (χ0) is 16.2. The Morgan fingerprint density at radius 2 is 2.09 bits per heavy atom. The molecule has 0 amide bonds. The van der Waals surface area contributed by atoms with Gasteiger partial charge in [0.1, 0.15) is 11.6 Å². The Balaban J connectivity index is 2.11. The van der Waals surface area contributed by atoms with Gasteiger partial charge in [-0.15, -0.1) is 0 Å². The highest BCUT2D eigenvalue weighted by molar-refractivity contribution is 5.81. The lowest BCUT2D eigenvalue weighted by molar-refractivity contribution is 0.342. The lowest BCUT2D eigenvalue weighted by atomic mass is 10.1. The van der Waals surface area contributed by atoms with Crippen molar-refractivity contribution < 1.29 is 4.74 Å². The third-order valence-corrected chi connectivity index (χ3v) is 3.67. The number of anilines is 1. The van der Waals surface area contributed by atoms with Crippen LogP contribution >= 0.6 is 0 Å². The second-order valence-electron chi connectivity index (χ2n) is 5.17. The van der Waals surface area contributed by atoms with E-state index in [0.717, 1.165) is 22.4 Å². The smallest absolute Gasteiger partial charge is 0.142 e. The summed E-state index contributed by atoms with van der Waals surface area (Å²) >= 11 is 0. The first kappa shape index (κ1) is 14.9. The summed E-state index contributed by atoms with van der Waals surface area (Å²) in [6, 6.07) is 15.8. The Hall–Kier alpha value is -3.00. The minimum atomic E-state index is 0.430. The Bertz CT molecular complexity index is 876. The molecule has 2 N–H and O–H groups in total. The molecule has 0 saturated heterocycles. The largest absolute Gasteiger partial charge is 0.492 e. The van der Waals surface area contributed by atoms with Crippen LogP contribution in [0.4, 0.5) is 5.69 Å². The number of aromatic nitrogens is 2. The summed E-state index contributed by atoms with van der Waals surface area (Å²) in [7, 11) is 0. The number of ether oxygens (including phenoxy) is 1. The maximum Gasteiger partial charge on any atom is 0.142 e. The SMILES string of the molecule is CCOc1ccc(-c2nc3ccccc3n2CCC#N)cc1N. The van der Waals surface area contributed by atoms with Gasteiger partial charge in [0.25, 0.3) is 0 Å². The van der Waals surface area contributed by atoms with E-state index in [1.54, 1.807) is 0 Å². The second kappa shape index (κ2) is 6.41. The van der Waals surface area contributed by atoms with Gasteiger partial charge in [0.05, 0.1) is 35.8 Å². The third-order valence-electron chi connectivity index (χ3n) is 3.67. The lowest BCUT2D eigenvalue weighted by Crippen LogP contribution is -2.01. The van der Waals surface area contributed by atoms with Gasteiger partial charge in [-0.05, 0) is 37.3 Å². The van der Waals surface area contributed by atoms with E-state index in [9.17, 15) is 0 Å². The van der Waals surface area contributed by atoms with E-state index in [-0.39, 0.29) is 0 Å². The van der Waals surface area contributed by atoms with Crippen molar-refractivity contribution in [3.63, 3.8) is 0 Å². The fourth-order valence-corrected chi connectivity index (χ4v) is 2.66. The standard InChI is InChI=1S/C18H18N4O/c1-2-23-17-9-8-13(12-14(17)20)18-21-15-6-3-4-7-16(15)22(18)11-5-10-19/h3-4,6-9,12H,2,5,11,20H2,1H3. The maximum atomic E-state index is 8.92. The highest BCUT2D eigenvalue weighted by atomic mass is 16.5. The quantitative estimate of drug-likeness (QED) is 0.731. The van der Waals surface area contributed by atoms with Gasteiger partial charge >= 0.3 is 0 Å². The van der Waals surface area contributed by atoms with Gasteiger partial charge in [0.15, 0.2) is 0 Å². The molecule has 0 spiro atoms. The van der Waals surface area contributed by atoms with Gasteiger partial charge in [-0.3, -0.25) is 0 Å². The number of aryl methyl sites for hydroxylation is 1. The molecule has 116 valence electrons. The molecule has 3 rings (SSSR count). The van der Waals surface area contributed by atoms with Crippen LogP contribution in [0.2, 0.25) is 0 Å². The number of hydrogen-bond donors (Lipinski definition) is 1. The third kappa shape index (κ3) is 2.84. The van der Waals surface area contributed by atoms with Crippen LogP contribution in [0.5, 0.6) is 5.75 Å². The first-order valence-electron chi connectivity index (χ1n) is 7.59. The summed E-state index contributed by atoms with van der Waals surface area (Å²) < 4.78 is 7.55. The van der Waals surface area contributed by atoms with Crippen molar-refractivity contribution in [2.24, 2.45) is 0 Å². The number of nitrogen functional groups attached to an aromatic ring is 1. The molecule has 0 aliphatic carbocycles. The molecule has 0 bridgehead atoms. The number of nitrogens with two attached hydrogens (primary N) is 1. The van der Waals surface area contributed by atoms with E-state index in [0.29, 0.717) is 31.0 Å². The van der Waals surface area contributed by atoms with Gasteiger partial charge in [0.2, 0.25) is 0 Å². The number of para-hydroxylation sites is 2. The summed E-state index contributed by atoms with van der Waals surface area (Å²) in [6.07, 6.45) is 0.430. The summed E-state index contributed by atoms with van der Waals surface area (Å²) in [4.78, 5) is 4.71. The summed E-state index contributed by atoms with van der Waals surface area (Å²) in [5.74, 6) is 1.49. The zero-order valence-electron chi connectivity index (χ0n) is 13.0. The molecule has 0 aliphatic heterocycles. The average molecular weight is 306 g/mol. The van der Waals surface area contributed by atoms with Crippen molar-refractivity contribution in [2.45, 2.75) is 19.9 Å². The van der Waals surface area contributed by atoms with E-state index < -0.39 is 0 Å². The Morgan fingerprint density at radius 1 is 1.26 bits per heavy atom. The van der Waals surface area contributed by atoms with Crippen LogP contribution < -0.4 is 10.5 Å². The molecular weight excluding hydrogens is 288 g/mol. The van der Waals surface area contributed by atoms with Crippen LogP contribution in [0.1, 0.15) is 13.3 Å². The van der Waals surface area contributed by atoms with Crippen LogP contribution in [0.25, 0.3) is 22.4 Å². The summed E-state index contributed by atoms with van der Waals surface area (Å²) in [6.45, 7) is 3.10. The Morgan fingerprint density at radius 3 is 2.83 bits per heavy atom. The number of imidazole rings is 1. The lowest BCUT2D eigenvalue weighted by Gasteiger charge is -2.10. The number of hydrogen-bond acceptors (Lipinski definition) is 4. The highest BCUT2D eigenvalue weighted by Gasteiger charge is 2.13. The van der Waals surface area contributed by atoms with E-state index in [2.05, 4.69) is 10.6 Å². The van der Waals surface area contributed by atoms with Gasteiger partial charge in [-0.25, -0.2) is 4.98 Å². The van der Waals surface area contributed by atoms with Crippen molar-refractivity contribution in [1.82, 2.24) is 9.55 Å². The number of benzene rings is 2. The molecule has 0 unspecified atom stereocenters. The molecule has 0 aliphatic rings. The molecule has 0 fully saturated rings. The average Bonchev–Trinajstić information content (AvgIpc) is 2.93. The molecule has 5 heteroatoms. The molecule has 3 aromatic rings. The first-order chi connectivity index (χ1) is 11.2. The summed E-state index contributed by atoms with van der Waals surface area (Å²) in [5, 5.41) is 8.92. The van der Waals surface area contributed by atoms with E-state index >= 15 is 0 Å². The summed E-state index contributed by atoms with van der Waals surface area (Å²) in [5.41, 5.74) is 9.51. The normalized spacial score (nSPS) is 10.6. The molecule has 0 atom stereocenters. The van der Waals surface area contributed by atoms with Gasteiger partial charge in [-0.1, -0.05) is 12.1 Å². The van der Waals surface area contributed by atoms with Crippen LogP contribution in [-0.2, 0) is 6.54 Å². The van der Waals surface area contributed by atoms with Gasteiger partial charge < -0.3 is 15.0 Å². The topological polar surface area (TPSA) is 76.9 Å². The van der Waals surface area contributed by atoms with Crippen molar-refractivity contribution in [3.05, 3.63) is 42.5 Å². The van der Waals surface area contributed by atoms with Crippen molar-refractivity contribution in [2.75, 3.05) is 12.3 Å². The number of fused-ring (bicyclic) bond motifs is 1. The fourth-order valence-electron chi connectivity index (χ4n) is 2.66. The molecule has 2 aromatic carbocycles. The van der Waals surface area contributed by atoms with E-state index in [1.807, 2.05) is 49.4 Å². The van der Waals surface area contributed by atoms with Crippen molar-refractivity contribution >= 4 is 16.7 Å². The number of nitrogens with zero attached hydrogens (tertiary/aromatic N) is 3. The molecular formula is C18H18N4O. The Labute approximate surface area is 134 Å². The molecule has 5 nitrogen and oxygen atoms in total. The predicted molar refractivity (Wildman–Crippen MR) is 91.0 cm³/mol. The zero-order valence-corrected chi connectivity index (χ0v) is 13.0. The molecule has 1 heterocycles. The maximum absolute atomic E-state index is 8.92. The first-order valence-corrected chi connectivity index (χ1v) is 7.59. The van der Waals surface area contributed by atoms with Gasteiger partial charge in [0, 0.05) is 12.1 Å². The molecule has 1 aromatic heterocycles. The van der Waals surface area contributed by atoms with Crippen LogP contribution in [0.3, 0.4) is 0 Å². The van der Waals surface area contributed by atoms with Crippen LogP contribution in [0.15, 0.2) is 42.5 Å². The van der Waals surface area contributed by atoms with E-state index in [4.69, 9.17) is 20.7 Å². The minimum absolute atomic E-state index is 0.430. The molecule has 0 radical (unpaired) electrons. The van der Waals surface area contributed by atoms with Crippen molar-refractivity contribution in [1.29, 1.82) is 5.26 Å². The Kier molecular flexibility index (Phi) is 4.15. The number of nitriles is 1. The molecule has 0 saturated carbocycles. The number of rotatable bonds is 5. The van der Waals surface area contributed by atoms with Crippen molar-refractivity contribution in [3.8, 4) is 23.2 Å². The highest BCUT2D eigenvalue weighted by Crippen LogP contribution is 2.30.